The molecular weight excluding hydrogens is 194 g/mol. The largest absolute Gasteiger partial charge is 0.328 e. The van der Waals surface area contributed by atoms with Crippen LogP contribution in [-0.4, -0.2) is 6.04 Å². The average molecular weight is 219 g/mol. The Morgan fingerprint density at radius 3 is 2.56 bits per heavy atom. The number of rotatable bonds is 6. The predicted octanol–water partition coefficient (Wildman–Crippen LogP) is 3.62. The zero-order valence-electron chi connectivity index (χ0n) is 10.9. The van der Waals surface area contributed by atoms with Crippen LogP contribution in [-0.2, 0) is 12.8 Å². The molecule has 90 valence electrons. The van der Waals surface area contributed by atoms with Crippen LogP contribution in [0.25, 0.3) is 0 Å². The molecule has 0 aliphatic rings. The van der Waals surface area contributed by atoms with Crippen LogP contribution in [0.3, 0.4) is 0 Å². The second-order valence-corrected chi connectivity index (χ2v) is 4.90. The third-order valence-electron chi connectivity index (χ3n) is 3.01. The van der Waals surface area contributed by atoms with Crippen molar-refractivity contribution in [1.29, 1.82) is 0 Å². The Bertz CT molecular complexity index is 315. The first-order valence-corrected chi connectivity index (χ1v) is 6.47. The molecular formula is C15H25N. The quantitative estimate of drug-likeness (QED) is 0.727. The van der Waals surface area contributed by atoms with Gasteiger partial charge < -0.3 is 5.73 Å². The lowest BCUT2D eigenvalue weighted by Gasteiger charge is -2.10. The van der Waals surface area contributed by atoms with Gasteiger partial charge in [0.1, 0.15) is 0 Å². The van der Waals surface area contributed by atoms with Crippen molar-refractivity contribution < 1.29 is 0 Å². The van der Waals surface area contributed by atoms with Gasteiger partial charge in [-0.2, -0.15) is 0 Å². The smallest absolute Gasteiger partial charge is 0.00509 e. The molecule has 1 rings (SSSR count). The molecule has 1 heteroatoms. The fourth-order valence-electron chi connectivity index (χ4n) is 2.10. The molecule has 0 amide bonds. The third kappa shape index (κ3) is 4.36. The molecule has 0 aromatic heterocycles. The van der Waals surface area contributed by atoms with E-state index in [1.165, 1.54) is 42.4 Å². The average Bonchev–Trinajstić information content (AvgIpc) is 2.20. The van der Waals surface area contributed by atoms with Gasteiger partial charge in [0, 0.05) is 6.04 Å². The van der Waals surface area contributed by atoms with E-state index >= 15 is 0 Å². The number of benzene rings is 1. The van der Waals surface area contributed by atoms with Gasteiger partial charge in [-0.05, 0) is 49.8 Å². The number of nitrogens with two attached hydrogens (primary N) is 1. The van der Waals surface area contributed by atoms with Crippen LogP contribution in [0.2, 0.25) is 0 Å². The Labute approximate surface area is 100 Å². The Hall–Kier alpha value is -0.820. The summed E-state index contributed by atoms with van der Waals surface area (Å²) in [6.07, 6.45) is 6.14. The lowest BCUT2D eigenvalue weighted by atomic mass is 9.98. The van der Waals surface area contributed by atoms with Crippen molar-refractivity contribution in [2.45, 2.75) is 58.9 Å². The summed E-state index contributed by atoms with van der Waals surface area (Å²) in [6.45, 7) is 6.52. The molecule has 0 saturated heterocycles. The zero-order valence-corrected chi connectivity index (χ0v) is 10.9. The summed E-state index contributed by atoms with van der Waals surface area (Å²) in [7, 11) is 0. The van der Waals surface area contributed by atoms with Crippen LogP contribution >= 0.6 is 0 Å². The molecule has 0 spiro atoms. The Morgan fingerprint density at radius 2 is 2.00 bits per heavy atom. The van der Waals surface area contributed by atoms with E-state index in [1.54, 1.807) is 0 Å². The number of hydrogen-bond donors (Lipinski definition) is 1. The normalized spacial score (nSPS) is 12.8. The van der Waals surface area contributed by atoms with Crippen LogP contribution in [0.15, 0.2) is 18.2 Å². The second kappa shape index (κ2) is 6.70. The van der Waals surface area contributed by atoms with Crippen molar-refractivity contribution in [3.63, 3.8) is 0 Å². The van der Waals surface area contributed by atoms with E-state index in [2.05, 4.69) is 39.0 Å². The fraction of sp³-hybridized carbons (Fsp3) is 0.600. The maximum Gasteiger partial charge on any atom is 0.00509 e. The maximum absolute atomic E-state index is 5.81. The minimum absolute atomic E-state index is 0.255. The van der Waals surface area contributed by atoms with E-state index in [4.69, 9.17) is 5.73 Å². The maximum atomic E-state index is 5.81. The van der Waals surface area contributed by atoms with Crippen LogP contribution in [0.5, 0.6) is 0 Å². The van der Waals surface area contributed by atoms with Gasteiger partial charge in [-0.15, -0.1) is 0 Å². The van der Waals surface area contributed by atoms with Crippen LogP contribution in [0.1, 0.15) is 49.8 Å². The van der Waals surface area contributed by atoms with Crippen molar-refractivity contribution in [2.75, 3.05) is 0 Å². The molecule has 0 fully saturated rings. The van der Waals surface area contributed by atoms with Gasteiger partial charge in [-0.1, -0.05) is 38.0 Å². The van der Waals surface area contributed by atoms with Crippen molar-refractivity contribution in [3.8, 4) is 0 Å². The number of hydrogen-bond acceptors (Lipinski definition) is 1. The number of unbranched alkanes of at least 4 members (excludes halogenated alkanes) is 2. The highest BCUT2D eigenvalue weighted by atomic mass is 14.6. The summed E-state index contributed by atoms with van der Waals surface area (Å²) >= 11 is 0. The lowest BCUT2D eigenvalue weighted by Crippen LogP contribution is -2.17. The minimum Gasteiger partial charge on any atom is -0.328 e. The van der Waals surface area contributed by atoms with Gasteiger partial charge in [0.2, 0.25) is 0 Å². The third-order valence-corrected chi connectivity index (χ3v) is 3.01. The Kier molecular flexibility index (Phi) is 5.54. The minimum atomic E-state index is 0.255. The van der Waals surface area contributed by atoms with Crippen LogP contribution in [0, 0.1) is 6.92 Å². The van der Waals surface area contributed by atoms with Gasteiger partial charge in [0.05, 0.1) is 0 Å². The van der Waals surface area contributed by atoms with Crippen molar-refractivity contribution in [3.05, 3.63) is 34.9 Å². The summed E-state index contributed by atoms with van der Waals surface area (Å²) in [5.74, 6) is 0. The highest BCUT2D eigenvalue weighted by Crippen LogP contribution is 2.15. The van der Waals surface area contributed by atoms with E-state index < -0.39 is 0 Å². The molecule has 0 bridgehead atoms. The Balaban J connectivity index is 2.60. The zero-order chi connectivity index (χ0) is 12.0. The number of aryl methyl sites for hydroxylation is 2. The predicted molar refractivity (Wildman–Crippen MR) is 71.8 cm³/mol. The van der Waals surface area contributed by atoms with Gasteiger partial charge >= 0.3 is 0 Å². The molecule has 1 aromatic rings. The molecule has 0 saturated carbocycles. The van der Waals surface area contributed by atoms with Gasteiger partial charge in [-0.25, -0.2) is 0 Å². The van der Waals surface area contributed by atoms with Gasteiger partial charge in [0.25, 0.3) is 0 Å². The monoisotopic (exact) mass is 219 g/mol. The van der Waals surface area contributed by atoms with Gasteiger partial charge in [-0.3, -0.25) is 0 Å². The molecule has 16 heavy (non-hydrogen) atoms. The molecule has 1 atom stereocenters. The molecule has 0 aliphatic carbocycles. The summed E-state index contributed by atoms with van der Waals surface area (Å²) in [5, 5.41) is 0. The van der Waals surface area contributed by atoms with Crippen molar-refractivity contribution >= 4 is 0 Å². The standard InChI is InChI=1S/C15H25N/c1-4-5-6-7-15-9-8-14(10-12(15)2)11-13(3)16/h8-10,13H,4-7,11,16H2,1-3H3. The van der Waals surface area contributed by atoms with Gasteiger partial charge in [0.15, 0.2) is 0 Å². The Morgan fingerprint density at radius 1 is 1.25 bits per heavy atom. The first-order chi connectivity index (χ1) is 7.63. The molecule has 2 N–H and O–H groups in total. The lowest BCUT2D eigenvalue weighted by molar-refractivity contribution is 0.713. The SMILES string of the molecule is CCCCCc1ccc(CC(C)N)cc1C. The molecule has 0 heterocycles. The highest BCUT2D eigenvalue weighted by Gasteiger charge is 2.02. The summed E-state index contributed by atoms with van der Waals surface area (Å²) < 4.78 is 0. The topological polar surface area (TPSA) is 26.0 Å². The van der Waals surface area contributed by atoms with Crippen LogP contribution in [0.4, 0.5) is 0 Å². The summed E-state index contributed by atoms with van der Waals surface area (Å²) in [6, 6.07) is 7.07. The van der Waals surface area contributed by atoms with E-state index in [1.807, 2.05) is 0 Å². The molecule has 0 radical (unpaired) electrons. The molecule has 0 aliphatic heterocycles. The first-order valence-electron chi connectivity index (χ1n) is 6.47. The summed E-state index contributed by atoms with van der Waals surface area (Å²) in [4.78, 5) is 0. The fourth-order valence-corrected chi connectivity index (χ4v) is 2.10. The van der Waals surface area contributed by atoms with E-state index in [0.29, 0.717) is 0 Å². The molecule has 1 unspecified atom stereocenters. The second-order valence-electron chi connectivity index (χ2n) is 4.90. The summed E-state index contributed by atoms with van der Waals surface area (Å²) in [5.41, 5.74) is 10.1. The molecule has 1 nitrogen and oxygen atoms in total. The van der Waals surface area contributed by atoms with E-state index in [-0.39, 0.29) is 6.04 Å². The van der Waals surface area contributed by atoms with E-state index in [9.17, 15) is 0 Å². The van der Waals surface area contributed by atoms with Crippen molar-refractivity contribution in [2.24, 2.45) is 5.73 Å². The van der Waals surface area contributed by atoms with Crippen LogP contribution < -0.4 is 5.73 Å². The molecule has 1 aromatic carbocycles. The highest BCUT2D eigenvalue weighted by molar-refractivity contribution is 5.31. The first kappa shape index (κ1) is 13.2. The van der Waals surface area contributed by atoms with E-state index in [0.717, 1.165) is 6.42 Å². The van der Waals surface area contributed by atoms with Crippen molar-refractivity contribution in [1.82, 2.24) is 0 Å².